The third kappa shape index (κ3) is 8.70. The molecule has 1 unspecified atom stereocenters. The SMILES string of the molecule is CC(C)N([O-])CCCC(CCC[N+](=N)[O-])N=O. The summed E-state index contributed by atoms with van der Waals surface area (Å²) in [5.74, 6) is 0. The fourth-order valence-corrected chi connectivity index (χ4v) is 1.46. The second-order valence-corrected chi connectivity index (χ2v) is 4.38. The number of hydroxylamine groups is 3. The van der Waals surface area contributed by atoms with Crippen LogP contribution in [-0.2, 0) is 0 Å². The number of nitrogens with one attached hydrogen (secondary N) is 1. The highest BCUT2D eigenvalue weighted by Crippen LogP contribution is 2.10. The molecule has 100 valence electrons. The molecular weight excluding hydrogens is 224 g/mol. The van der Waals surface area contributed by atoms with Gasteiger partial charge in [0.2, 0.25) is 0 Å². The van der Waals surface area contributed by atoms with Crippen molar-refractivity contribution in [2.45, 2.75) is 51.6 Å². The van der Waals surface area contributed by atoms with Gasteiger partial charge in [0.05, 0.1) is 6.04 Å². The summed E-state index contributed by atoms with van der Waals surface area (Å²) in [4.78, 5) is 10.6. The van der Waals surface area contributed by atoms with E-state index < -0.39 is 0 Å². The standard InChI is InChI=1S/C10H21N4O3/c1-9(2)13(16)7-3-5-10(12-15)6-4-8-14(11)17/h9-11H,3-8H2,1-2H3/q-1. The van der Waals surface area contributed by atoms with Crippen molar-refractivity contribution in [3.8, 4) is 0 Å². The Morgan fingerprint density at radius 2 is 1.94 bits per heavy atom. The average Bonchev–Trinajstić information content (AvgIpc) is 2.26. The van der Waals surface area contributed by atoms with Crippen molar-refractivity contribution in [2.24, 2.45) is 5.18 Å². The van der Waals surface area contributed by atoms with Gasteiger partial charge in [0.15, 0.2) is 6.54 Å². The molecule has 1 atom stereocenters. The fraction of sp³-hybridized carbons (Fsp3) is 1.00. The molecule has 7 nitrogen and oxygen atoms in total. The molecule has 0 bridgehead atoms. The monoisotopic (exact) mass is 245 g/mol. The normalized spacial score (nSPS) is 13.0. The van der Waals surface area contributed by atoms with Crippen LogP contribution in [0.3, 0.4) is 0 Å². The van der Waals surface area contributed by atoms with Gasteiger partial charge >= 0.3 is 0 Å². The van der Waals surface area contributed by atoms with E-state index in [0.717, 1.165) is 5.06 Å². The van der Waals surface area contributed by atoms with E-state index >= 15 is 0 Å². The Morgan fingerprint density at radius 1 is 1.35 bits per heavy atom. The van der Waals surface area contributed by atoms with Crippen molar-refractivity contribution in [2.75, 3.05) is 13.1 Å². The molecule has 0 aliphatic heterocycles. The van der Waals surface area contributed by atoms with Crippen LogP contribution in [0.2, 0.25) is 0 Å². The van der Waals surface area contributed by atoms with Crippen LogP contribution in [0.4, 0.5) is 0 Å². The predicted octanol–water partition coefficient (Wildman–Crippen LogP) is 2.43. The van der Waals surface area contributed by atoms with Crippen LogP contribution >= 0.6 is 0 Å². The largest absolute Gasteiger partial charge is 0.785 e. The second kappa shape index (κ2) is 9.00. The minimum Gasteiger partial charge on any atom is -0.785 e. The van der Waals surface area contributed by atoms with Crippen LogP contribution in [0.1, 0.15) is 39.5 Å². The zero-order valence-corrected chi connectivity index (χ0v) is 10.5. The molecule has 0 spiro atoms. The van der Waals surface area contributed by atoms with Gasteiger partial charge in [-0.1, -0.05) is 23.9 Å². The number of hydrogen-bond acceptors (Lipinski definition) is 6. The first-order valence-electron chi connectivity index (χ1n) is 5.89. The van der Waals surface area contributed by atoms with Crippen LogP contribution in [0.5, 0.6) is 0 Å². The fourth-order valence-electron chi connectivity index (χ4n) is 1.46. The Hall–Kier alpha value is -1.08. The van der Waals surface area contributed by atoms with E-state index in [-0.39, 0.29) is 23.5 Å². The van der Waals surface area contributed by atoms with Gasteiger partial charge in [0.25, 0.3) is 0 Å². The van der Waals surface area contributed by atoms with Gasteiger partial charge in [-0.25, -0.2) is 0 Å². The first-order chi connectivity index (χ1) is 7.97. The lowest BCUT2D eigenvalue weighted by molar-refractivity contribution is -0.552. The molecule has 0 aliphatic carbocycles. The summed E-state index contributed by atoms with van der Waals surface area (Å²) >= 11 is 0. The first-order valence-corrected chi connectivity index (χ1v) is 5.89. The quantitative estimate of drug-likeness (QED) is 0.276. The second-order valence-electron chi connectivity index (χ2n) is 4.38. The Labute approximate surface area is 101 Å². The molecule has 0 aromatic carbocycles. The zero-order valence-electron chi connectivity index (χ0n) is 10.5. The van der Waals surface area contributed by atoms with Crippen LogP contribution in [0.15, 0.2) is 5.18 Å². The molecular formula is C10H21N4O3-. The Kier molecular flexibility index (Phi) is 8.43. The van der Waals surface area contributed by atoms with Crippen LogP contribution in [-0.4, -0.2) is 35.1 Å². The minimum absolute atomic E-state index is 0.0463. The molecule has 0 saturated heterocycles. The molecule has 1 N–H and O–H groups in total. The van der Waals surface area contributed by atoms with Crippen LogP contribution < -0.4 is 0 Å². The molecule has 0 amide bonds. The Morgan fingerprint density at radius 3 is 2.41 bits per heavy atom. The van der Waals surface area contributed by atoms with Crippen molar-refractivity contribution >= 4 is 0 Å². The van der Waals surface area contributed by atoms with E-state index in [0.29, 0.717) is 32.2 Å². The highest BCUT2D eigenvalue weighted by Gasteiger charge is 2.10. The highest BCUT2D eigenvalue weighted by atomic mass is 16.5. The van der Waals surface area contributed by atoms with Gasteiger partial charge in [-0.15, -0.1) is 0 Å². The van der Waals surface area contributed by atoms with E-state index in [1.807, 2.05) is 13.8 Å². The van der Waals surface area contributed by atoms with Gasteiger partial charge < -0.3 is 15.5 Å². The smallest absolute Gasteiger partial charge is 0.180 e. The summed E-state index contributed by atoms with van der Waals surface area (Å²) in [7, 11) is 0. The average molecular weight is 245 g/mol. The molecule has 0 saturated carbocycles. The van der Waals surface area contributed by atoms with Crippen molar-refractivity contribution in [1.82, 2.24) is 5.06 Å². The van der Waals surface area contributed by atoms with E-state index in [1.54, 1.807) is 0 Å². The third-order valence-corrected chi connectivity index (χ3v) is 2.54. The summed E-state index contributed by atoms with van der Waals surface area (Å²) < 4.78 is 0. The van der Waals surface area contributed by atoms with Gasteiger partial charge in [0.1, 0.15) is 0 Å². The van der Waals surface area contributed by atoms with E-state index in [9.17, 15) is 15.3 Å². The number of nitrogens with zero attached hydrogens (tertiary/aromatic N) is 3. The zero-order chi connectivity index (χ0) is 13.3. The highest BCUT2D eigenvalue weighted by molar-refractivity contribution is 4.68. The van der Waals surface area contributed by atoms with Crippen molar-refractivity contribution in [3.05, 3.63) is 15.3 Å². The predicted molar refractivity (Wildman–Crippen MR) is 64.5 cm³/mol. The van der Waals surface area contributed by atoms with E-state index in [2.05, 4.69) is 5.18 Å². The maximum absolute atomic E-state index is 11.3. The number of nitroso groups, excluding NO2 is 1. The van der Waals surface area contributed by atoms with Gasteiger partial charge in [-0.05, 0) is 37.4 Å². The molecule has 0 aromatic rings. The lowest BCUT2D eigenvalue weighted by Gasteiger charge is -2.32. The third-order valence-electron chi connectivity index (χ3n) is 2.54. The lowest BCUT2D eigenvalue weighted by atomic mass is 10.1. The molecule has 0 aromatic heterocycles. The maximum Gasteiger partial charge on any atom is 0.180 e. The molecule has 0 radical (unpaired) electrons. The van der Waals surface area contributed by atoms with Crippen LogP contribution in [0, 0.1) is 20.9 Å². The molecule has 7 heteroatoms. The van der Waals surface area contributed by atoms with Crippen LogP contribution in [0.25, 0.3) is 0 Å². The summed E-state index contributed by atoms with van der Waals surface area (Å²) in [5, 5.41) is 25.5. The number of hydrogen-bond donors (Lipinski definition) is 1. The maximum atomic E-state index is 11.3. The van der Waals surface area contributed by atoms with Gasteiger partial charge in [0, 0.05) is 6.42 Å². The van der Waals surface area contributed by atoms with E-state index in [4.69, 9.17) is 5.53 Å². The molecule has 0 aliphatic rings. The van der Waals surface area contributed by atoms with Gasteiger partial charge in [-0.3, -0.25) is 0 Å². The van der Waals surface area contributed by atoms with Crippen molar-refractivity contribution < 1.29 is 4.86 Å². The van der Waals surface area contributed by atoms with Crippen molar-refractivity contribution in [1.29, 1.82) is 5.53 Å². The summed E-state index contributed by atoms with van der Waals surface area (Å²) in [6, 6.07) is -0.398. The Balaban J connectivity index is 3.67. The minimum atomic E-state index is -0.351. The summed E-state index contributed by atoms with van der Waals surface area (Å²) in [5.41, 5.74) is 6.64. The topological polar surface area (TPSA) is 106 Å². The molecule has 0 rings (SSSR count). The van der Waals surface area contributed by atoms with Gasteiger partial charge in [-0.2, -0.15) is 4.91 Å². The molecule has 0 fully saturated rings. The Bertz CT molecular complexity index is 236. The molecule has 17 heavy (non-hydrogen) atoms. The number of rotatable bonds is 10. The lowest BCUT2D eigenvalue weighted by Crippen LogP contribution is -2.26. The summed E-state index contributed by atoms with van der Waals surface area (Å²) in [6.07, 6.45) is 2.17. The molecule has 0 heterocycles. The summed E-state index contributed by atoms with van der Waals surface area (Å²) in [6.45, 7) is 4.13. The first kappa shape index (κ1) is 15.9. The van der Waals surface area contributed by atoms with E-state index in [1.165, 1.54) is 0 Å². The van der Waals surface area contributed by atoms with Crippen molar-refractivity contribution in [3.63, 3.8) is 0 Å².